The van der Waals surface area contributed by atoms with E-state index in [0.29, 0.717) is 13.0 Å². The van der Waals surface area contributed by atoms with Crippen LogP contribution in [0.15, 0.2) is 17.1 Å². The molecule has 0 radical (unpaired) electrons. The van der Waals surface area contributed by atoms with Crippen LogP contribution in [0.4, 0.5) is 0 Å². The number of aromatic hydroxyl groups is 1. The maximum Gasteiger partial charge on any atom is 0.306 e. The molecule has 31 heavy (non-hydrogen) atoms. The van der Waals surface area contributed by atoms with Gasteiger partial charge >= 0.3 is 5.97 Å². The highest BCUT2D eigenvalue weighted by molar-refractivity contribution is 5.84. The highest BCUT2D eigenvalue weighted by Gasteiger charge is 2.08. The first-order chi connectivity index (χ1) is 15.0. The summed E-state index contributed by atoms with van der Waals surface area (Å²) in [5.41, 5.74) is 5.62. The molecule has 0 aliphatic heterocycles. The number of unbranched alkanes of at least 4 members (excludes halogenated alkanes) is 9. The molecule has 1 aromatic rings. The number of hydrogen-bond donors (Lipinski definition) is 2. The molecule has 1 heterocycles. The molecule has 0 fully saturated rings. The van der Waals surface area contributed by atoms with Crippen LogP contribution in [-0.2, 0) is 27.3 Å². The quantitative estimate of drug-likeness (QED) is 0.267. The lowest BCUT2D eigenvalue weighted by molar-refractivity contribution is -0.144. The number of carbonyl (C=O) groups excluding carboxylic acids is 2. The molecule has 1 aromatic heterocycles. The van der Waals surface area contributed by atoms with Crippen LogP contribution in [0.25, 0.3) is 0 Å². The summed E-state index contributed by atoms with van der Waals surface area (Å²) in [7, 11) is 0. The second kappa shape index (κ2) is 16.5. The number of ketones is 1. The minimum Gasteiger partial charge on any atom is -0.503 e. The number of nitrogens with zero attached hydrogens (tertiary/aromatic N) is 1. The summed E-state index contributed by atoms with van der Waals surface area (Å²) >= 11 is 0. The predicted molar refractivity (Wildman–Crippen MR) is 122 cm³/mol. The first-order valence-corrected chi connectivity index (χ1v) is 11.8. The Morgan fingerprint density at radius 2 is 1.55 bits per heavy atom. The molecule has 3 N–H and O–H groups in total. The zero-order valence-corrected chi connectivity index (χ0v) is 19.1. The minimum absolute atomic E-state index is 0.0184. The van der Waals surface area contributed by atoms with Crippen LogP contribution in [0.5, 0.6) is 5.75 Å². The fourth-order valence-electron chi connectivity index (χ4n) is 3.58. The van der Waals surface area contributed by atoms with Crippen LogP contribution in [-0.4, -0.2) is 34.6 Å². The number of hydrogen-bond acceptors (Lipinski definition) is 6. The number of pyridine rings is 1. The van der Waals surface area contributed by atoms with Crippen molar-refractivity contribution in [3.05, 3.63) is 28.2 Å². The van der Waals surface area contributed by atoms with Gasteiger partial charge in [-0.25, -0.2) is 0 Å². The van der Waals surface area contributed by atoms with Crippen molar-refractivity contribution in [3.63, 3.8) is 0 Å². The van der Waals surface area contributed by atoms with Gasteiger partial charge in [0.2, 0.25) is 5.43 Å². The SMILES string of the molecule is CCc1c(O)c(=O)ccn1CCCCCCCCCCCCOC(=O)CCC(=O)CN. The molecule has 0 amide bonds. The fourth-order valence-corrected chi connectivity index (χ4v) is 3.58. The number of rotatable bonds is 18. The number of esters is 1. The summed E-state index contributed by atoms with van der Waals surface area (Å²) < 4.78 is 7.11. The van der Waals surface area contributed by atoms with Gasteiger partial charge in [0.1, 0.15) is 5.78 Å². The smallest absolute Gasteiger partial charge is 0.306 e. The van der Waals surface area contributed by atoms with Crippen molar-refractivity contribution in [1.82, 2.24) is 4.57 Å². The van der Waals surface area contributed by atoms with E-state index in [-0.39, 0.29) is 42.3 Å². The first-order valence-electron chi connectivity index (χ1n) is 11.8. The van der Waals surface area contributed by atoms with Crippen molar-refractivity contribution < 1.29 is 19.4 Å². The molecule has 0 saturated heterocycles. The van der Waals surface area contributed by atoms with Gasteiger partial charge in [0.15, 0.2) is 5.75 Å². The molecule has 176 valence electrons. The van der Waals surface area contributed by atoms with E-state index in [1.54, 1.807) is 6.20 Å². The van der Waals surface area contributed by atoms with Crippen molar-refractivity contribution in [3.8, 4) is 5.75 Å². The Bertz CT molecular complexity index is 714. The Kier molecular flexibility index (Phi) is 14.3. The Morgan fingerprint density at radius 3 is 2.13 bits per heavy atom. The monoisotopic (exact) mass is 436 g/mol. The van der Waals surface area contributed by atoms with E-state index in [1.165, 1.54) is 38.2 Å². The van der Waals surface area contributed by atoms with Crippen LogP contribution in [0, 0.1) is 0 Å². The van der Waals surface area contributed by atoms with Gasteiger partial charge in [-0.1, -0.05) is 58.3 Å². The van der Waals surface area contributed by atoms with Gasteiger partial charge < -0.3 is 20.1 Å². The third-order valence-corrected chi connectivity index (χ3v) is 5.49. The minimum atomic E-state index is -0.315. The van der Waals surface area contributed by atoms with Crippen LogP contribution in [0.3, 0.4) is 0 Å². The molecule has 0 aromatic carbocycles. The zero-order valence-electron chi connectivity index (χ0n) is 19.1. The van der Waals surface area contributed by atoms with Crippen LogP contribution >= 0.6 is 0 Å². The van der Waals surface area contributed by atoms with E-state index in [9.17, 15) is 19.5 Å². The first kappa shape index (κ1) is 26.9. The molecule has 7 nitrogen and oxygen atoms in total. The molecule has 0 saturated carbocycles. The lowest BCUT2D eigenvalue weighted by Gasteiger charge is -2.13. The van der Waals surface area contributed by atoms with Crippen LogP contribution in [0.1, 0.15) is 89.7 Å². The van der Waals surface area contributed by atoms with Gasteiger partial charge in [-0.2, -0.15) is 0 Å². The fraction of sp³-hybridized carbons (Fsp3) is 0.708. The van der Waals surface area contributed by atoms with Crippen LogP contribution < -0.4 is 11.2 Å². The van der Waals surface area contributed by atoms with Crippen molar-refractivity contribution >= 4 is 11.8 Å². The third-order valence-electron chi connectivity index (χ3n) is 5.49. The Hall–Kier alpha value is -2.15. The van der Waals surface area contributed by atoms with Gasteiger partial charge in [-0.15, -0.1) is 0 Å². The summed E-state index contributed by atoms with van der Waals surface area (Å²) in [4.78, 5) is 34.0. The molecule has 1 rings (SSSR count). The van der Waals surface area contributed by atoms with E-state index < -0.39 is 0 Å². The van der Waals surface area contributed by atoms with E-state index in [4.69, 9.17) is 10.5 Å². The lowest BCUT2D eigenvalue weighted by atomic mass is 10.1. The largest absolute Gasteiger partial charge is 0.503 e. The van der Waals surface area contributed by atoms with Crippen molar-refractivity contribution in [1.29, 1.82) is 0 Å². The van der Waals surface area contributed by atoms with Crippen molar-refractivity contribution in [2.75, 3.05) is 13.2 Å². The van der Waals surface area contributed by atoms with Gasteiger partial charge in [0.05, 0.1) is 25.3 Å². The standard InChI is InChI=1S/C24H40N2O5/c1-2-21-24(30)22(28)15-17-26(21)16-11-9-7-5-3-4-6-8-10-12-18-31-23(29)14-13-20(27)19-25/h15,17,30H,2-14,16,18-19,25H2,1H3. The Morgan fingerprint density at radius 1 is 0.968 bits per heavy atom. The second-order valence-electron chi connectivity index (χ2n) is 8.02. The average Bonchev–Trinajstić information content (AvgIpc) is 2.77. The molecular formula is C24H40N2O5. The molecular weight excluding hydrogens is 396 g/mol. The average molecular weight is 437 g/mol. The Labute approximate surface area is 186 Å². The van der Waals surface area contributed by atoms with Gasteiger partial charge in [-0.3, -0.25) is 14.4 Å². The predicted octanol–water partition coefficient (Wildman–Crippen LogP) is 3.87. The third kappa shape index (κ3) is 11.7. The van der Waals surface area contributed by atoms with Crippen molar-refractivity contribution in [2.24, 2.45) is 5.73 Å². The topological polar surface area (TPSA) is 112 Å². The number of carbonyl (C=O) groups is 2. The zero-order chi connectivity index (χ0) is 22.9. The molecule has 0 aliphatic carbocycles. The highest BCUT2D eigenvalue weighted by atomic mass is 16.5. The van der Waals surface area contributed by atoms with Gasteiger partial charge in [-0.05, 0) is 19.3 Å². The van der Waals surface area contributed by atoms with Crippen LogP contribution in [0.2, 0.25) is 0 Å². The molecule has 0 aliphatic rings. The summed E-state index contributed by atoms with van der Waals surface area (Å²) in [5.74, 6) is -0.538. The van der Waals surface area contributed by atoms with Crippen molar-refractivity contribution in [2.45, 2.75) is 96.9 Å². The van der Waals surface area contributed by atoms with E-state index in [0.717, 1.165) is 44.3 Å². The van der Waals surface area contributed by atoms with E-state index >= 15 is 0 Å². The lowest BCUT2D eigenvalue weighted by Crippen LogP contribution is -2.15. The number of nitrogens with two attached hydrogens (primary N) is 1. The summed E-state index contributed by atoms with van der Waals surface area (Å²) in [6, 6.07) is 1.43. The maximum atomic E-state index is 11.5. The summed E-state index contributed by atoms with van der Waals surface area (Å²) in [6.45, 7) is 3.20. The molecule has 0 bridgehead atoms. The molecule has 0 unspecified atom stereocenters. The highest BCUT2D eigenvalue weighted by Crippen LogP contribution is 2.15. The number of aryl methyl sites for hydroxylation is 1. The molecule has 0 atom stereocenters. The summed E-state index contributed by atoms with van der Waals surface area (Å²) in [5, 5.41) is 9.87. The molecule has 7 heteroatoms. The normalized spacial score (nSPS) is 10.9. The van der Waals surface area contributed by atoms with E-state index in [2.05, 4.69) is 0 Å². The maximum absolute atomic E-state index is 11.5. The number of Topliss-reactive ketones (excluding diaryl/α,β-unsaturated/α-hetero) is 1. The number of aromatic nitrogens is 1. The van der Waals surface area contributed by atoms with E-state index in [1.807, 2.05) is 11.5 Å². The molecule has 0 spiro atoms. The number of ether oxygens (including phenoxy) is 1. The van der Waals surface area contributed by atoms with Gasteiger partial charge in [0.25, 0.3) is 0 Å². The van der Waals surface area contributed by atoms with Gasteiger partial charge in [0, 0.05) is 25.2 Å². The second-order valence-corrected chi connectivity index (χ2v) is 8.02. The Balaban J connectivity index is 1.93. The summed E-state index contributed by atoms with van der Waals surface area (Å²) in [6.07, 6.45) is 14.1.